The van der Waals surface area contributed by atoms with Crippen molar-refractivity contribution in [1.82, 2.24) is 4.90 Å². The van der Waals surface area contributed by atoms with E-state index < -0.39 is 29.8 Å². The summed E-state index contributed by atoms with van der Waals surface area (Å²) >= 11 is 0. The van der Waals surface area contributed by atoms with Crippen molar-refractivity contribution >= 4 is 5.97 Å². The van der Waals surface area contributed by atoms with Crippen molar-refractivity contribution in [2.24, 2.45) is 0 Å². The van der Waals surface area contributed by atoms with E-state index in [1.807, 2.05) is 0 Å². The lowest BCUT2D eigenvalue weighted by Crippen LogP contribution is -2.39. The summed E-state index contributed by atoms with van der Waals surface area (Å²) in [4.78, 5) is 13.1. The first-order chi connectivity index (χ1) is 11.4. The number of likely N-dealkylation sites (tertiary alicyclic amines) is 1. The summed E-state index contributed by atoms with van der Waals surface area (Å²) in [5, 5.41) is 9.41. The third kappa shape index (κ3) is 3.03. The van der Waals surface area contributed by atoms with E-state index in [0.29, 0.717) is 25.1 Å². The lowest BCUT2D eigenvalue weighted by molar-refractivity contribution is -0.143. The minimum absolute atomic E-state index is 0.00750. The Morgan fingerprint density at radius 1 is 1.25 bits per heavy atom. The minimum atomic E-state index is -4.53. The van der Waals surface area contributed by atoms with E-state index in [-0.39, 0.29) is 5.56 Å². The van der Waals surface area contributed by atoms with E-state index in [2.05, 4.69) is 0 Å². The Morgan fingerprint density at radius 3 is 2.62 bits per heavy atom. The maximum atomic E-state index is 13.4. The van der Waals surface area contributed by atoms with Crippen LogP contribution in [0, 0.1) is 0 Å². The zero-order chi connectivity index (χ0) is 17.3. The molecule has 7 heteroatoms. The highest BCUT2D eigenvalue weighted by atomic mass is 19.4. The van der Waals surface area contributed by atoms with Gasteiger partial charge in [0.2, 0.25) is 0 Å². The predicted molar refractivity (Wildman–Crippen MR) is 79.4 cm³/mol. The van der Waals surface area contributed by atoms with Crippen LogP contribution in [0.1, 0.15) is 35.8 Å². The average molecular weight is 339 g/mol. The molecule has 2 atom stereocenters. The molecule has 1 fully saturated rings. The molecule has 2 unspecified atom stereocenters. The number of hydrogen-bond donors (Lipinski definition) is 1. The van der Waals surface area contributed by atoms with Crippen LogP contribution in [0.25, 0.3) is 0 Å². The van der Waals surface area contributed by atoms with E-state index >= 15 is 0 Å². The molecule has 1 aliphatic rings. The number of aliphatic carboxylic acids is 1. The molecule has 0 radical (unpaired) electrons. The fourth-order valence-corrected chi connectivity index (χ4v) is 3.30. The van der Waals surface area contributed by atoms with Gasteiger partial charge in [-0.05, 0) is 36.6 Å². The summed E-state index contributed by atoms with van der Waals surface area (Å²) in [6.07, 6.45) is -2.13. The number of carboxylic acids is 1. The summed E-state index contributed by atoms with van der Waals surface area (Å²) in [6, 6.07) is 6.68. The highest BCUT2D eigenvalue weighted by Gasteiger charge is 2.42. The molecule has 24 heavy (non-hydrogen) atoms. The topological polar surface area (TPSA) is 53.7 Å². The normalized spacial score (nSPS) is 20.2. The molecule has 2 heterocycles. The monoisotopic (exact) mass is 339 g/mol. The molecule has 1 N–H and O–H groups in total. The fourth-order valence-electron chi connectivity index (χ4n) is 3.30. The molecular formula is C17H16F3NO3. The molecule has 0 spiro atoms. The van der Waals surface area contributed by atoms with Crippen LogP contribution >= 0.6 is 0 Å². The molecule has 0 saturated carbocycles. The maximum absolute atomic E-state index is 13.4. The van der Waals surface area contributed by atoms with Crippen LogP contribution in [-0.4, -0.2) is 28.6 Å². The second kappa shape index (κ2) is 6.32. The van der Waals surface area contributed by atoms with Gasteiger partial charge in [-0.1, -0.05) is 18.2 Å². The lowest BCUT2D eigenvalue weighted by Gasteiger charge is -2.31. The number of alkyl halides is 3. The first-order valence-electron chi connectivity index (χ1n) is 7.57. The molecule has 1 aromatic heterocycles. The van der Waals surface area contributed by atoms with Crippen LogP contribution in [0.4, 0.5) is 13.2 Å². The number of hydrogen-bond acceptors (Lipinski definition) is 3. The first-order valence-corrected chi connectivity index (χ1v) is 7.57. The van der Waals surface area contributed by atoms with Gasteiger partial charge in [0.1, 0.15) is 11.8 Å². The van der Waals surface area contributed by atoms with Crippen LogP contribution in [-0.2, 0) is 11.0 Å². The summed E-state index contributed by atoms with van der Waals surface area (Å²) in [7, 11) is 0. The van der Waals surface area contributed by atoms with Crippen LogP contribution in [0.3, 0.4) is 0 Å². The quantitative estimate of drug-likeness (QED) is 0.917. The van der Waals surface area contributed by atoms with E-state index in [4.69, 9.17) is 4.42 Å². The molecule has 0 aliphatic carbocycles. The summed E-state index contributed by atoms with van der Waals surface area (Å²) in [5.41, 5.74) is -0.768. The number of furan rings is 1. The number of carboxylic acid groups (broad SMARTS) is 1. The van der Waals surface area contributed by atoms with Gasteiger partial charge in [0.15, 0.2) is 0 Å². The Balaban J connectivity index is 2.13. The van der Waals surface area contributed by atoms with E-state index in [9.17, 15) is 23.1 Å². The van der Waals surface area contributed by atoms with Gasteiger partial charge >= 0.3 is 12.1 Å². The van der Waals surface area contributed by atoms with Gasteiger partial charge in [0.25, 0.3) is 0 Å². The minimum Gasteiger partial charge on any atom is -0.480 e. The maximum Gasteiger partial charge on any atom is 0.416 e. The summed E-state index contributed by atoms with van der Waals surface area (Å²) in [5.74, 6) is -0.728. The predicted octanol–water partition coefficient (Wildman–Crippen LogP) is 3.94. The second-order valence-electron chi connectivity index (χ2n) is 5.74. The van der Waals surface area contributed by atoms with Gasteiger partial charge in [-0.2, -0.15) is 13.2 Å². The molecule has 1 aliphatic heterocycles. The van der Waals surface area contributed by atoms with Crippen LogP contribution < -0.4 is 0 Å². The third-order valence-corrected chi connectivity index (χ3v) is 4.28. The zero-order valence-corrected chi connectivity index (χ0v) is 12.7. The molecule has 1 aromatic carbocycles. The van der Waals surface area contributed by atoms with Gasteiger partial charge in [0, 0.05) is 6.54 Å². The number of halogens is 3. The van der Waals surface area contributed by atoms with Crippen molar-refractivity contribution in [3.63, 3.8) is 0 Å². The molecule has 0 bridgehead atoms. The molecular weight excluding hydrogens is 323 g/mol. The molecule has 0 amide bonds. The fraction of sp³-hybridized carbons (Fsp3) is 0.353. The van der Waals surface area contributed by atoms with E-state index in [1.54, 1.807) is 17.0 Å². The van der Waals surface area contributed by atoms with Crippen LogP contribution in [0.5, 0.6) is 0 Å². The van der Waals surface area contributed by atoms with Crippen molar-refractivity contribution in [1.29, 1.82) is 0 Å². The average Bonchev–Trinajstić information content (AvgIpc) is 3.19. The Kier molecular flexibility index (Phi) is 4.36. The van der Waals surface area contributed by atoms with Crippen LogP contribution in [0.15, 0.2) is 47.1 Å². The molecule has 2 aromatic rings. The molecule has 4 nitrogen and oxygen atoms in total. The summed E-state index contributed by atoms with van der Waals surface area (Å²) in [6.45, 7) is 0.397. The second-order valence-corrected chi connectivity index (χ2v) is 5.74. The molecule has 1 saturated heterocycles. The Hall–Kier alpha value is -2.28. The summed E-state index contributed by atoms with van der Waals surface area (Å²) < 4.78 is 45.6. The Bertz CT molecular complexity index is 712. The van der Waals surface area contributed by atoms with Crippen LogP contribution in [0.2, 0.25) is 0 Å². The standard InChI is InChI=1S/C17H16F3NO3/c18-17(19,20)12-6-2-1-5-11(12)15(14-8-4-10-24-14)21-9-3-7-13(21)16(22)23/h1-2,4-6,8,10,13,15H,3,7,9H2,(H,22,23). The van der Waals surface area contributed by atoms with Gasteiger partial charge in [0.05, 0.1) is 17.9 Å². The molecule has 128 valence electrons. The van der Waals surface area contributed by atoms with Gasteiger partial charge in [-0.25, -0.2) is 0 Å². The smallest absolute Gasteiger partial charge is 0.416 e. The van der Waals surface area contributed by atoms with Crippen molar-refractivity contribution in [2.75, 3.05) is 6.54 Å². The number of benzene rings is 1. The third-order valence-electron chi connectivity index (χ3n) is 4.28. The van der Waals surface area contributed by atoms with Gasteiger partial charge < -0.3 is 9.52 Å². The van der Waals surface area contributed by atoms with E-state index in [1.165, 1.54) is 24.5 Å². The Morgan fingerprint density at radius 2 is 2.00 bits per heavy atom. The largest absolute Gasteiger partial charge is 0.480 e. The highest BCUT2D eigenvalue weighted by molar-refractivity contribution is 5.74. The highest BCUT2D eigenvalue weighted by Crippen LogP contribution is 2.41. The van der Waals surface area contributed by atoms with Crippen molar-refractivity contribution < 1.29 is 27.5 Å². The zero-order valence-electron chi connectivity index (χ0n) is 12.7. The SMILES string of the molecule is O=C(O)C1CCCN1C(c1ccco1)c1ccccc1C(F)(F)F. The number of nitrogens with zero attached hydrogens (tertiary/aromatic N) is 1. The van der Waals surface area contributed by atoms with Crippen molar-refractivity contribution in [3.05, 3.63) is 59.5 Å². The number of rotatable bonds is 4. The van der Waals surface area contributed by atoms with Gasteiger partial charge in [-0.3, -0.25) is 9.69 Å². The first kappa shape index (κ1) is 16.6. The molecule has 3 rings (SSSR count). The number of carbonyl (C=O) groups is 1. The lowest BCUT2D eigenvalue weighted by atomic mass is 9.96. The van der Waals surface area contributed by atoms with Crippen molar-refractivity contribution in [2.45, 2.75) is 31.1 Å². The van der Waals surface area contributed by atoms with Crippen molar-refractivity contribution in [3.8, 4) is 0 Å². The van der Waals surface area contributed by atoms with E-state index in [0.717, 1.165) is 6.07 Å². The van der Waals surface area contributed by atoms with Gasteiger partial charge in [-0.15, -0.1) is 0 Å². The Labute approximate surface area is 136 Å².